The van der Waals surface area contributed by atoms with Crippen molar-refractivity contribution in [3.8, 4) is 11.4 Å². The van der Waals surface area contributed by atoms with Crippen molar-refractivity contribution < 1.29 is 13.2 Å². The highest BCUT2D eigenvalue weighted by Gasteiger charge is 2.26. The van der Waals surface area contributed by atoms with E-state index in [4.69, 9.17) is 15.7 Å². The van der Waals surface area contributed by atoms with Crippen molar-refractivity contribution in [2.45, 2.75) is 59.4 Å². The van der Waals surface area contributed by atoms with E-state index in [1.54, 1.807) is 12.1 Å². The first-order valence-corrected chi connectivity index (χ1v) is 15.2. The van der Waals surface area contributed by atoms with Crippen molar-refractivity contribution in [3.05, 3.63) is 53.6 Å². The van der Waals surface area contributed by atoms with E-state index in [1.807, 2.05) is 30.9 Å². The average Bonchev–Trinajstić information content (AvgIpc) is 2.90. The molecule has 0 radical (unpaired) electrons. The predicted octanol–water partition coefficient (Wildman–Crippen LogP) is 4.88. The van der Waals surface area contributed by atoms with Crippen LogP contribution in [0.3, 0.4) is 0 Å². The molecule has 0 aliphatic heterocycles. The Morgan fingerprint density at radius 1 is 1.02 bits per heavy atom. The van der Waals surface area contributed by atoms with Crippen LogP contribution >= 0.6 is 0 Å². The first-order valence-electron chi connectivity index (χ1n) is 13.7. The lowest BCUT2D eigenvalue weighted by Crippen LogP contribution is -2.35. The van der Waals surface area contributed by atoms with Crippen LogP contribution in [0.2, 0.25) is 0 Å². The Bertz CT molecular complexity index is 1430. The molecule has 1 unspecified atom stereocenters. The number of amides is 1. The Morgan fingerprint density at radius 2 is 1.77 bits per heavy atom. The Balaban J connectivity index is 2.06. The van der Waals surface area contributed by atoms with Gasteiger partial charge in [-0.05, 0) is 68.0 Å². The van der Waals surface area contributed by atoms with Gasteiger partial charge in [0.1, 0.15) is 17.5 Å². The second-order valence-electron chi connectivity index (χ2n) is 10.5. The summed E-state index contributed by atoms with van der Waals surface area (Å²) in [4.78, 5) is 29.0. The second-order valence-corrected chi connectivity index (χ2v) is 12.1. The number of aromatic nitrogens is 3. The van der Waals surface area contributed by atoms with Crippen LogP contribution in [0.5, 0.6) is 0 Å². The van der Waals surface area contributed by atoms with Gasteiger partial charge in [-0.15, -0.1) is 0 Å². The van der Waals surface area contributed by atoms with Gasteiger partial charge in [0.15, 0.2) is 5.03 Å². The third kappa shape index (κ3) is 7.91. The van der Waals surface area contributed by atoms with Crippen molar-refractivity contribution in [3.63, 3.8) is 0 Å². The minimum Gasteiger partial charge on any atom is -0.384 e. The topological polar surface area (TPSA) is 143 Å². The molecule has 0 aromatic carbocycles. The summed E-state index contributed by atoms with van der Waals surface area (Å²) in [6, 6.07) is 11.5. The summed E-state index contributed by atoms with van der Waals surface area (Å²) in [6.45, 7) is 14.5. The minimum atomic E-state index is -4.26. The highest BCUT2D eigenvalue weighted by atomic mass is 32.2. The third-order valence-corrected chi connectivity index (χ3v) is 7.63. The normalized spacial score (nSPS) is 12.3. The van der Waals surface area contributed by atoms with Crippen LogP contribution in [-0.2, 0) is 10.0 Å². The van der Waals surface area contributed by atoms with E-state index in [-0.39, 0.29) is 16.4 Å². The van der Waals surface area contributed by atoms with Crippen LogP contribution in [0, 0.1) is 18.8 Å². The van der Waals surface area contributed by atoms with Gasteiger partial charge in [0, 0.05) is 19.6 Å². The van der Waals surface area contributed by atoms with Gasteiger partial charge in [0.05, 0.1) is 17.0 Å². The van der Waals surface area contributed by atoms with Gasteiger partial charge < -0.3 is 16.0 Å². The number of carbonyl (C=O) groups excluding carboxylic acids is 1. The second kappa shape index (κ2) is 13.6. The summed E-state index contributed by atoms with van der Waals surface area (Å²) in [6.07, 6.45) is 2.04. The molecule has 11 heteroatoms. The van der Waals surface area contributed by atoms with Crippen molar-refractivity contribution in [1.82, 2.24) is 19.7 Å². The van der Waals surface area contributed by atoms with E-state index in [0.29, 0.717) is 42.1 Å². The van der Waals surface area contributed by atoms with Crippen molar-refractivity contribution >= 4 is 33.4 Å². The molecular formula is C29H41N7O3S. The molecule has 4 N–H and O–H groups in total. The molecule has 1 amide bonds. The van der Waals surface area contributed by atoms with Crippen LogP contribution < -0.4 is 20.7 Å². The quantitative estimate of drug-likeness (QED) is 0.263. The number of anilines is 3. The lowest BCUT2D eigenvalue weighted by molar-refractivity contribution is 0.0981. The van der Waals surface area contributed by atoms with Crippen LogP contribution in [-0.4, -0.2) is 48.9 Å². The Kier molecular flexibility index (Phi) is 10.4. The molecule has 1 atom stereocenters. The Morgan fingerprint density at radius 3 is 2.42 bits per heavy atom. The van der Waals surface area contributed by atoms with Crippen LogP contribution in [0.1, 0.15) is 63.4 Å². The van der Waals surface area contributed by atoms with E-state index < -0.39 is 15.9 Å². The molecule has 0 fully saturated rings. The number of aryl methyl sites for hydroxylation is 1. The Labute approximate surface area is 237 Å². The summed E-state index contributed by atoms with van der Waals surface area (Å²) >= 11 is 0. The number of rotatable bonds is 13. The maximum atomic E-state index is 13.4. The lowest BCUT2D eigenvalue weighted by Gasteiger charge is -2.27. The van der Waals surface area contributed by atoms with Crippen LogP contribution in [0.15, 0.2) is 47.5 Å². The SMILES string of the molecule is CCCC(C)CN(CC)c1nc(-c2nc(NCC(C)C)ccc2C)ccc1C(=O)NS(=O)(=O)c1cccc(N)n1. The van der Waals surface area contributed by atoms with E-state index in [2.05, 4.69) is 42.7 Å². The van der Waals surface area contributed by atoms with Gasteiger partial charge in [-0.1, -0.05) is 46.2 Å². The van der Waals surface area contributed by atoms with Crippen molar-refractivity contribution in [2.24, 2.45) is 11.8 Å². The maximum Gasteiger partial charge on any atom is 0.281 e. The molecule has 3 aromatic rings. The molecule has 0 aliphatic rings. The molecule has 3 heterocycles. The molecule has 0 spiro atoms. The zero-order chi connectivity index (χ0) is 29.4. The maximum absolute atomic E-state index is 13.4. The lowest BCUT2D eigenvalue weighted by atomic mass is 10.0. The summed E-state index contributed by atoms with van der Waals surface area (Å²) in [5.41, 5.74) is 8.03. The fourth-order valence-electron chi connectivity index (χ4n) is 4.33. The number of nitrogens with one attached hydrogen (secondary N) is 2. The average molecular weight is 568 g/mol. The molecule has 0 bridgehead atoms. The molecule has 216 valence electrons. The van der Waals surface area contributed by atoms with E-state index in [9.17, 15) is 13.2 Å². The van der Waals surface area contributed by atoms with Gasteiger partial charge in [-0.25, -0.2) is 19.7 Å². The number of pyridine rings is 3. The minimum absolute atomic E-state index is 0.0390. The first-order chi connectivity index (χ1) is 18.9. The molecule has 0 saturated heterocycles. The highest BCUT2D eigenvalue weighted by molar-refractivity contribution is 7.90. The number of carbonyl (C=O) groups is 1. The number of sulfonamides is 1. The van der Waals surface area contributed by atoms with Gasteiger partial charge in [0.2, 0.25) is 0 Å². The van der Waals surface area contributed by atoms with Gasteiger partial charge in [-0.2, -0.15) is 8.42 Å². The molecule has 40 heavy (non-hydrogen) atoms. The zero-order valence-electron chi connectivity index (χ0n) is 24.2. The Hall–Kier alpha value is -3.73. The van der Waals surface area contributed by atoms with Gasteiger partial charge in [0.25, 0.3) is 15.9 Å². The number of hydrogen-bond donors (Lipinski definition) is 3. The van der Waals surface area contributed by atoms with Gasteiger partial charge in [-0.3, -0.25) is 4.79 Å². The predicted molar refractivity (Wildman–Crippen MR) is 161 cm³/mol. The summed E-state index contributed by atoms with van der Waals surface area (Å²) in [5, 5.41) is 3.02. The smallest absolute Gasteiger partial charge is 0.281 e. The van der Waals surface area contributed by atoms with Crippen molar-refractivity contribution in [2.75, 3.05) is 35.6 Å². The van der Waals surface area contributed by atoms with Gasteiger partial charge >= 0.3 is 0 Å². The number of nitrogens with two attached hydrogens (primary N) is 1. The third-order valence-electron chi connectivity index (χ3n) is 6.39. The van der Waals surface area contributed by atoms with Crippen LogP contribution in [0.4, 0.5) is 17.5 Å². The van der Waals surface area contributed by atoms with E-state index >= 15 is 0 Å². The largest absolute Gasteiger partial charge is 0.384 e. The molecule has 0 saturated carbocycles. The summed E-state index contributed by atoms with van der Waals surface area (Å²) < 4.78 is 28.1. The number of nitrogen functional groups attached to an aromatic ring is 1. The zero-order valence-corrected chi connectivity index (χ0v) is 25.0. The standard InChI is InChI=1S/C29H41N7O3S/c1-7-10-20(5)18-36(8-2)28-22(29(37)35-40(38,39)26-12-9-11-24(30)33-26)14-15-23(32-28)27-21(6)13-16-25(34-27)31-17-19(3)4/h9,11-16,19-20H,7-8,10,17-18H2,1-6H3,(H2,30,33)(H,31,34)(H,35,37). The molecule has 0 aliphatic carbocycles. The fraction of sp³-hybridized carbons (Fsp3) is 0.448. The van der Waals surface area contributed by atoms with E-state index in [1.165, 1.54) is 18.2 Å². The van der Waals surface area contributed by atoms with E-state index in [0.717, 1.165) is 30.8 Å². The van der Waals surface area contributed by atoms with Crippen molar-refractivity contribution in [1.29, 1.82) is 0 Å². The molecule has 10 nitrogen and oxygen atoms in total. The van der Waals surface area contributed by atoms with Crippen LogP contribution in [0.25, 0.3) is 11.4 Å². The number of nitrogens with zero attached hydrogens (tertiary/aromatic N) is 4. The summed E-state index contributed by atoms with van der Waals surface area (Å²) in [7, 11) is -4.26. The molecule has 3 aromatic heterocycles. The highest BCUT2D eigenvalue weighted by Crippen LogP contribution is 2.28. The monoisotopic (exact) mass is 567 g/mol. The fourth-order valence-corrected chi connectivity index (χ4v) is 5.27. The molecular weight excluding hydrogens is 526 g/mol. The first kappa shape index (κ1) is 30.8. The summed E-state index contributed by atoms with van der Waals surface area (Å²) in [5.74, 6) is 1.18. The number of hydrogen-bond acceptors (Lipinski definition) is 9. The molecule has 3 rings (SSSR count).